The summed E-state index contributed by atoms with van der Waals surface area (Å²) >= 11 is 0. The molecular formula is C15H24. The zero-order valence-electron chi connectivity index (χ0n) is 10.3. The van der Waals surface area contributed by atoms with Crippen molar-refractivity contribution in [1.29, 1.82) is 0 Å². The fourth-order valence-electron chi connectivity index (χ4n) is 3.02. The van der Waals surface area contributed by atoms with Crippen LogP contribution in [0.15, 0.2) is 23.3 Å². The lowest BCUT2D eigenvalue weighted by Gasteiger charge is -2.35. The van der Waals surface area contributed by atoms with Gasteiger partial charge in [-0.1, -0.05) is 37.1 Å². The van der Waals surface area contributed by atoms with Gasteiger partial charge in [-0.2, -0.15) is 0 Å². The summed E-state index contributed by atoms with van der Waals surface area (Å²) in [5.41, 5.74) is 3.78. The Kier molecular flexibility index (Phi) is 3.33. The molecule has 0 amide bonds. The third kappa shape index (κ3) is 2.35. The van der Waals surface area contributed by atoms with Gasteiger partial charge >= 0.3 is 0 Å². The lowest BCUT2D eigenvalue weighted by molar-refractivity contribution is 0.453. The van der Waals surface area contributed by atoms with Gasteiger partial charge in [0.1, 0.15) is 0 Å². The fraction of sp³-hybridized carbons (Fsp3) is 0.733. The van der Waals surface area contributed by atoms with Gasteiger partial charge in [-0.3, -0.25) is 0 Å². The zero-order valence-corrected chi connectivity index (χ0v) is 10.3. The van der Waals surface area contributed by atoms with Crippen LogP contribution in [0.25, 0.3) is 0 Å². The highest BCUT2D eigenvalue weighted by molar-refractivity contribution is 5.29. The Bertz CT molecular complexity index is 250. The highest BCUT2D eigenvalue weighted by Crippen LogP contribution is 2.43. The van der Waals surface area contributed by atoms with Crippen LogP contribution in [0.3, 0.4) is 0 Å². The van der Waals surface area contributed by atoms with E-state index in [2.05, 4.69) is 26.0 Å². The predicted octanol–water partition coefficient (Wildman–Crippen LogP) is 5.01. The Morgan fingerprint density at radius 1 is 0.800 bits per heavy atom. The Labute approximate surface area is 94.5 Å². The van der Waals surface area contributed by atoms with Crippen LogP contribution in [-0.2, 0) is 0 Å². The zero-order chi connectivity index (χ0) is 10.7. The summed E-state index contributed by atoms with van der Waals surface area (Å²) in [5.74, 6) is 0. The molecule has 2 rings (SSSR count). The van der Waals surface area contributed by atoms with Crippen molar-refractivity contribution in [1.82, 2.24) is 0 Å². The molecule has 0 aromatic carbocycles. The third-order valence-corrected chi connectivity index (χ3v) is 4.19. The minimum Gasteiger partial charge on any atom is -0.0845 e. The normalized spacial score (nSPS) is 23.3. The maximum Gasteiger partial charge on any atom is 0.00639 e. The number of allylic oxidation sites excluding steroid dienone is 4. The van der Waals surface area contributed by atoms with Gasteiger partial charge in [0.2, 0.25) is 0 Å². The molecule has 0 aromatic heterocycles. The Morgan fingerprint density at radius 3 is 1.60 bits per heavy atom. The van der Waals surface area contributed by atoms with E-state index in [9.17, 15) is 0 Å². The van der Waals surface area contributed by atoms with Crippen LogP contribution in [0.2, 0.25) is 0 Å². The van der Waals surface area contributed by atoms with Crippen LogP contribution >= 0.6 is 0 Å². The van der Waals surface area contributed by atoms with Crippen LogP contribution in [-0.4, -0.2) is 0 Å². The second-order valence-electron chi connectivity index (χ2n) is 5.58. The standard InChI is InChI=1S/C15H24/c1-15(2,13-9-5-3-6-10-13)14-11-7-4-8-12-14/h9,11H,3-8,10,12H2,1-2H3. The molecule has 0 nitrogen and oxygen atoms in total. The largest absolute Gasteiger partial charge is 0.0845 e. The SMILES string of the molecule is CC(C)(C1=CCCCC1)C1=CCCCC1. The molecule has 0 aromatic rings. The smallest absolute Gasteiger partial charge is 0.00639 e. The molecule has 15 heavy (non-hydrogen) atoms. The van der Waals surface area contributed by atoms with Gasteiger partial charge in [0.25, 0.3) is 0 Å². The Hall–Kier alpha value is -0.520. The van der Waals surface area contributed by atoms with Crippen molar-refractivity contribution in [2.75, 3.05) is 0 Å². The molecule has 0 fully saturated rings. The molecule has 0 heteroatoms. The number of hydrogen-bond donors (Lipinski definition) is 0. The van der Waals surface area contributed by atoms with Crippen LogP contribution in [0.4, 0.5) is 0 Å². The molecule has 0 spiro atoms. The van der Waals surface area contributed by atoms with Gasteiger partial charge in [0.15, 0.2) is 0 Å². The van der Waals surface area contributed by atoms with Gasteiger partial charge in [-0.25, -0.2) is 0 Å². The molecule has 0 unspecified atom stereocenters. The quantitative estimate of drug-likeness (QED) is 0.554. The van der Waals surface area contributed by atoms with E-state index in [-0.39, 0.29) is 0 Å². The van der Waals surface area contributed by atoms with Crippen molar-refractivity contribution >= 4 is 0 Å². The van der Waals surface area contributed by atoms with Crippen molar-refractivity contribution in [3.63, 3.8) is 0 Å². The molecule has 0 saturated heterocycles. The maximum atomic E-state index is 2.51. The summed E-state index contributed by atoms with van der Waals surface area (Å²) in [4.78, 5) is 0. The van der Waals surface area contributed by atoms with Crippen LogP contribution < -0.4 is 0 Å². The first kappa shape index (κ1) is 11.0. The second kappa shape index (κ2) is 4.55. The van der Waals surface area contributed by atoms with Crippen molar-refractivity contribution < 1.29 is 0 Å². The van der Waals surface area contributed by atoms with E-state index < -0.39 is 0 Å². The van der Waals surface area contributed by atoms with Crippen molar-refractivity contribution in [3.8, 4) is 0 Å². The third-order valence-electron chi connectivity index (χ3n) is 4.19. The summed E-state index contributed by atoms with van der Waals surface area (Å²) < 4.78 is 0. The number of rotatable bonds is 2. The Balaban J connectivity index is 2.16. The lowest BCUT2D eigenvalue weighted by atomic mass is 9.70. The van der Waals surface area contributed by atoms with Crippen molar-refractivity contribution in [3.05, 3.63) is 23.3 Å². The minimum atomic E-state index is 0.362. The molecule has 0 bridgehead atoms. The minimum absolute atomic E-state index is 0.362. The molecule has 0 atom stereocenters. The van der Waals surface area contributed by atoms with Gasteiger partial charge in [0, 0.05) is 5.41 Å². The first-order valence-electron chi connectivity index (χ1n) is 6.60. The van der Waals surface area contributed by atoms with E-state index >= 15 is 0 Å². The summed E-state index contributed by atoms with van der Waals surface area (Å²) in [5, 5.41) is 0. The number of hydrogen-bond acceptors (Lipinski definition) is 0. The molecule has 0 saturated carbocycles. The molecule has 0 N–H and O–H groups in total. The second-order valence-corrected chi connectivity index (χ2v) is 5.58. The van der Waals surface area contributed by atoms with Gasteiger partial charge in [-0.05, 0) is 51.4 Å². The van der Waals surface area contributed by atoms with E-state index in [0.717, 1.165) is 0 Å². The molecule has 0 aliphatic heterocycles. The first-order valence-corrected chi connectivity index (χ1v) is 6.60. The van der Waals surface area contributed by atoms with Crippen LogP contribution in [0.1, 0.15) is 65.2 Å². The molecule has 0 radical (unpaired) electrons. The molecule has 2 aliphatic carbocycles. The topological polar surface area (TPSA) is 0 Å². The van der Waals surface area contributed by atoms with E-state index in [4.69, 9.17) is 0 Å². The molecular weight excluding hydrogens is 180 g/mol. The average molecular weight is 204 g/mol. The van der Waals surface area contributed by atoms with Gasteiger partial charge < -0.3 is 0 Å². The predicted molar refractivity (Wildman–Crippen MR) is 66.9 cm³/mol. The highest BCUT2D eigenvalue weighted by Gasteiger charge is 2.28. The summed E-state index contributed by atoms with van der Waals surface area (Å²) in [6.45, 7) is 4.86. The lowest BCUT2D eigenvalue weighted by Crippen LogP contribution is -2.20. The first-order chi connectivity index (χ1) is 7.21. The van der Waals surface area contributed by atoms with E-state index in [0.29, 0.717) is 5.41 Å². The van der Waals surface area contributed by atoms with Crippen molar-refractivity contribution in [2.24, 2.45) is 5.41 Å². The van der Waals surface area contributed by atoms with Crippen LogP contribution in [0, 0.1) is 5.41 Å². The van der Waals surface area contributed by atoms with E-state index in [1.165, 1.54) is 51.4 Å². The molecule has 0 heterocycles. The highest BCUT2D eigenvalue weighted by atomic mass is 14.3. The van der Waals surface area contributed by atoms with E-state index in [1.54, 1.807) is 11.1 Å². The summed E-state index contributed by atoms with van der Waals surface area (Å²) in [7, 11) is 0. The van der Waals surface area contributed by atoms with Gasteiger partial charge in [0.05, 0.1) is 0 Å². The van der Waals surface area contributed by atoms with Crippen molar-refractivity contribution in [2.45, 2.75) is 65.2 Å². The Morgan fingerprint density at radius 2 is 1.27 bits per heavy atom. The summed E-state index contributed by atoms with van der Waals surface area (Å²) in [6.07, 6.45) is 15.9. The fourth-order valence-corrected chi connectivity index (χ4v) is 3.02. The monoisotopic (exact) mass is 204 g/mol. The maximum absolute atomic E-state index is 2.51. The summed E-state index contributed by atoms with van der Waals surface area (Å²) in [6, 6.07) is 0. The molecule has 2 aliphatic rings. The van der Waals surface area contributed by atoms with Gasteiger partial charge in [-0.15, -0.1) is 0 Å². The van der Waals surface area contributed by atoms with Crippen LogP contribution in [0.5, 0.6) is 0 Å². The van der Waals surface area contributed by atoms with E-state index in [1.807, 2.05) is 0 Å². The molecule has 84 valence electrons. The average Bonchev–Trinajstić information content (AvgIpc) is 2.31.